The Labute approximate surface area is 686 Å². The minimum atomic E-state index is -1.67. The monoisotopic (exact) mass is 1670 g/mol. The molecule has 0 amide bonds. The van der Waals surface area contributed by atoms with Crippen LogP contribution in [0.5, 0.6) is 23.0 Å². The van der Waals surface area contributed by atoms with Gasteiger partial charge in [-0.05, 0) is 216 Å². The predicted molar refractivity (Wildman–Crippen MR) is 492 cm³/mol. The molecule has 12 aromatic rings. The van der Waals surface area contributed by atoms with E-state index < -0.39 is 71.7 Å². The molecule has 0 N–H and O–H groups in total. The summed E-state index contributed by atoms with van der Waals surface area (Å²) in [4.78, 5) is 0. The Kier molecular flexibility index (Phi) is 23.4. The van der Waals surface area contributed by atoms with E-state index in [9.17, 15) is 0 Å². The van der Waals surface area contributed by atoms with Gasteiger partial charge in [0.2, 0.25) is 33.3 Å². The Morgan fingerprint density at radius 1 is 0.279 bits per heavy atom. The molecule has 12 aromatic carbocycles. The zero-order chi connectivity index (χ0) is 78.6. The number of hydrogen-bond donors (Lipinski definition) is 0. The van der Waals surface area contributed by atoms with Gasteiger partial charge >= 0.3 is 37.9 Å². The fraction of sp³-hybridized carbons (Fsp3) is 0.224. The molecule has 4 atom stereocenters. The average Bonchev–Trinajstić information content (AvgIpc) is 1.61. The maximum atomic E-state index is 6.31. The van der Waals surface area contributed by atoms with Crippen molar-refractivity contribution in [2.24, 2.45) is 0 Å². The fourth-order valence-electron chi connectivity index (χ4n) is 17.2. The van der Waals surface area contributed by atoms with Crippen LogP contribution < -0.4 is 38.5 Å². The number of rotatable bonds is 16. The molecule has 0 bridgehead atoms. The van der Waals surface area contributed by atoms with E-state index in [4.69, 9.17) is 34.7 Å². The van der Waals surface area contributed by atoms with Crippen molar-refractivity contribution in [3.63, 3.8) is 0 Å². The molecule has 0 saturated heterocycles. The van der Waals surface area contributed by atoms with Gasteiger partial charge in [-0.2, -0.15) is 68.8 Å². The third kappa shape index (κ3) is 17.7. The van der Waals surface area contributed by atoms with Crippen LogP contribution in [0, 0.1) is 27.7 Å². The van der Waals surface area contributed by atoms with Crippen LogP contribution in [0.4, 0.5) is 0 Å². The zero-order valence-electron chi connectivity index (χ0n) is 67.6. The van der Waals surface area contributed by atoms with E-state index in [0.717, 1.165) is 23.0 Å². The molecule has 111 heavy (non-hydrogen) atoms. The van der Waals surface area contributed by atoms with E-state index in [0.29, 0.717) is 0 Å². The summed E-state index contributed by atoms with van der Waals surface area (Å²) in [7, 11) is 0.917. The van der Waals surface area contributed by atoms with Crippen molar-refractivity contribution in [1.29, 1.82) is 0 Å². The number of allylic oxidation sites excluding steroid dienone is 12. The summed E-state index contributed by atoms with van der Waals surface area (Å²) in [6, 6.07) is 64.0. The van der Waals surface area contributed by atoms with E-state index in [-0.39, 0.29) is 23.7 Å². The third-order valence-electron chi connectivity index (χ3n) is 21.4. The Bertz CT molecular complexity index is 5090. The van der Waals surface area contributed by atoms with E-state index in [1.165, 1.54) is 153 Å². The van der Waals surface area contributed by atoms with Crippen LogP contribution in [0.1, 0.15) is 113 Å². The molecule has 4 nitrogen and oxygen atoms in total. The molecule has 0 aromatic heterocycles. The van der Waals surface area contributed by atoms with Crippen LogP contribution in [0.3, 0.4) is 0 Å². The van der Waals surface area contributed by atoms with Gasteiger partial charge in [0, 0.05) is 17.6 Å². The SMILES string of the molecule is Cc1cc2c([c-]1[Si](C)[c-]1c(C)cc3c1C=CC=CC3c1ccc3cc(O[Si](C)(C)C)ccc3c1)C=CC=CC2c1ccc2cc(O[Si](C)(C)C)ccc2c1.Cc1cc2c([c-]1[Si](C)[c-]1c(C)cc3c1C=CC=CC3c1ccc3cc(O[Si](C)(C)C)ccc3c1)C=CC=CC2c1ccc2cc(O[Si](C)(C)C)ccc2c1.[Cl][Zr][Cl]. The van der Waals surface area contributed by atoms with Gasteiger partial charge in [-0.1, -0.05) is 186 Å². The van der Waals surface area contributed by atoms with Crippen molar-refractivity contribution in [3.8, 4) is 23.0 Å². The molecule has 0 heterocycles. The Morgan fingerprint density at radius 3 is 0.667 bits per heavy atom. The van der Waals surface area contributed by atoms with Crippen molar-refractivity contribution in [1.82, 2.24) is 0 Å². The van der Waals surface area contributed by atoms with Gasteiger partial charge in [-0.3, -0.25) is 0 Å². The minimum absolute atomic E-state index is 0.192. The van der Waals surface area contributed by atoms with Crippen molar-refractivity contribution < 1.29 is 38.6 Å². The van der Waals surface area contributed by atoms with Gasteiger partial charge in [0.25, 0.3) is 0 Å². The first kappa shape index (κ1) is 79.7. The standard InChI is InChI=1S/2C49H51O2Si3.2ClH.Zr/c2*1-32-26-46-42(38-20-18-36-30-40(50-53(4,5)6)24-22-34(36)28-38)14-10-12-16-44(46)48(32)52(3)49-33(2)27-47-43(15-11-13-17-45(47)49)39-21-19-37-31-41(51-54(7,8)9)25-23-35(37)29-39;;;/h2*10-31,42-43H,1-9H3;2*1H;/q2*-2;;;+2/p-2. The Hall–Kier alpha value is -7.92. The Balaban J connectivity index is 0.000000178. The summed E-state index contributed by atoms with van der Waals surface area (Å²) in [5.74, 6) is 4.66. The molecule has 0 spiro atoms. The molecular formula is C98H102Cl2O4Si6Zr-4. The summed E-state index contributed by atoms with van der Waals surface area (Å²) >= 11 is -0.826. The molecule has 2 radical (unpaired) electrons. The number of aryl methyl sites for hydroxylation is 4. The molecule has 0 saturated carbocycles. The first-order valence-corrected chi connectivity index (χ1v) is 63.0. The summed E-state index contributed by atoms with van der Waals surface area (Å²) in [6.07, 6.45) is 36.9. The number of halogens is 2. The zero-order valence-corrected chi connectivity index (χ0v) is 77.6. The summed E-state index contributed by atoms with van der Waals surface area (Å²) in [6.45, 7) is 41.1. The second-order valence-electron chi connectivity index (χ2n) is 34.4. The van der Waals surface area contributed by atoms with Crippen LogP contribution in [0.15, 0.2) is 243 Å². The van der Waals surface area contributed by atoms with Gasteiger partial charge in [-0.25, -0.2) is 0 Å². The normalized spacial score (nSPS) is 16.5. The third-order valence-corrected chi connectivity index (χ3v) is 30.5. The first-order chi connectivity index (χ1) is 52.9. The Morgan fingerprint density at radius 2 is 0.468 bits per heavy atom. The quantitative estimate of drug-likeness (QED) is 0.0714. The van der Waals surface area contributed by atoms with Crippen molar-refractivity contribution in [2.75, 3.05) is 0 Å². The molecule has 0 fully saturated rings. The number of fused-ring (bicyclic) bond motifs is 8. The van der Waals surface area contributed by atoms with Gasteiger partial charge in [0.1, 0.15) is 23.0 Å². The van der Waals surface area contributed by atoms with Gasteiger partial charge in [0.15, 0.2) is 0 Å². The van der Waals surface area contributed by atoms with Gasteiger partial charge in [0.05, 0.1) is 0 Å². The summed E-state index contributed by atoms with van der Waals surface area (Å²) < 4.78 is 25.2. The predicted octanol–water partition coefficient (Wildman–Crippen LogP) is 25.7. The molecule has 4 unspecified atom stereocenters. The molecule has 564 valence electrons. The van der Waals surface area contributed by atoms with Crippen LogP contribution in [-0.2, 0) is 20.8 Å². The summed E-state index contributed by atoms with van der Waals surface area (Å²) in [5, 5.41) is 16.1. The van der Waals surface area contributed by atoms with Crippen molar-refractivity contribution in [3.05, 3.63) is 332 Å². The fourth-order valence-corrected chi connectivity index (χ4v) is 26.3. The molecule has 4 aliphatic rings. The molecule has 0 aliphatic heterocycles. The summed E-state index contributed by atoms with van der Waals surface area (Å²) in [5.41, 5.74) is 22.2. The molecular weight excluding hydrogens is 1570 g/mol. The number of benzene rings is 8. The maximum absolute atomic E-state index is 6.31. The van der Waals surface area contributed by atoms with Crippen LogP contribution in [-0.4, -0.2) is 50.9 Å². The average molecular weight is 1670 g/mol. The number of hydrogen-bond acceptors (Lipinski definition) is 4. The second kappa shape index (κ2) is 32.5. The van der Waals surface area contributed by atoms with Gasteiger partial charge in [-0.15, -0.1) is 91.6 Å². The van der Waals surface area contributed by atoms with Crippen LogP contribution in [0.25, 0.3) is 67.4 Å². The van der Waals surface area contributed by atoms with Crippen molar-refractivity contribution in [2.45, 2.75) is 143 Å². The van der Waals surface area contributed by atoms with E-state index in [1.54, 1.807) is 0 Å². The molecule has 16 rings (SSSR count). The van der Waals surface area contributed by atoms with E-state index >= 15 is 0 Å². The molecule has 13 heteroatoms. The van der Waals surface area contributed by atoms with Crippen LogP contribution in [0.2, 0.25) is 91.7 Å². The van der Waals surface area contributed by atoms with Crippen molar-refractivity contribution >= 4 is 156 Å². The van der Waals surface area contributed by atoms with Crippen LogP contribution >= 0.6 is 17.0 Å². The first-order valence-electron chi connectivity index (χ1n) is 39.0. The second-order valence-corrected chi connectivity index (χ2v) is 60.4. The topological polar surface area (TPSA) is 36.9 Å². The van der Waals surface area contributed by atoms with Gasteiger partial charge < -0.3 is 17.7 Å². The molecule has 4 aliphatic carbocycles. The van der Waals surface area contributed by atoms with E-state index in [1.807, 2.05) is 0 Å². The van der Waals surface area contributed by atoms with E-state index in [2.05, 4.69) is 386 Å².